The average Bonchev–Trinajstić information content (AvgIpc) is 3.26. The predicted octanol–water partition coefficient (Wildman–Crippen LogP) is 2.19. The zero-order valence-electron chi connectivity index (χ0n) is 20.1. The Morgan fingerprint density at radius 1 is 1.06 bits per heavy atom. The minimum Gasteiger partial charge on any atom is -0.495 e. The molecule has 0 atom stereocenters. The van der Waals surface area contributed by atoms with Crippen LogP contribution in [0.3, 0.4) is 0 Å². The molecule has 36 heavy (non-hydrogen) atoms. The highest BCUT2D eigenvalue weighted by atomic mass is 32.2. The van der Waals surface area contributed by atoms with Crippen molar-refractivity contribution in [3.63, 3.8) is 0 Å². The van der Waals surface area contributed by atoms with E-state index in [-0.39, 0.29) is 11.7 Å². The maximum Gasteiger partial charge on any atom is 0.414 e. The molecular formula is C23H28N6O6S. The molecule has 0 saturated heterocycles. The molecule has 2 heterocycles. The van der Waals surface area contributed by atoms with E-state index in [4.69, 9.17) is 24.5 Å². The van der Waals surface area contributed by atoms with Gasteiger partial charge in [0.15, 0.2) is 11.0 Å². The first-order valence-electron chi connectivity index (χ1n) is 10.7. The summed E-state index contributed by atoms with van der Waals surface area (Å²) in [7, 11) is 5.68. The molecule has 2 aromatic heterocycles. The molecule has 1 aromatic carbocycles. The second kappa shape index (κ2) is 14.4. The number of amides is 1. The lowest BCUT2D eigenvalue weighted by Crippen LogP contribution is -2.17. The molecule has 0 radical (unpaired) electrons. The normalized spacial score (nSPS) is 10.3. The van der Waals surface area contributed by atoms with Gasteiger partial charge in [0.25, 0.3) is 0 Å². The van der Waals surface area contributed by atoms with E-state index in [0.29, 0.717) is 11.4 Å². The number of anilines is 1. The summed E-state index contributed by atoms with van der Waals surface area (Å²) in [4.78, 5) is 36.9. The Hall–Kier alpha value is -3.97. The number of carboxylic acids is 2. The highest BCUT2D eigenvalue weighted by Gasteiger charge is 2.16. The summed E-state index contributed by atoms with van der Waals surface area (Å²) in [6.45, 7) is 1.71. The highest BCUT2D eigenvalue weighted by molar-refractivity contribution is 7.99. The monoisotopic (exact) mass is 516 g/mol. The number of pyridine rings is 1. The first kappa shape index (κ1) is 28.3. The van der Waals surface area contributed by atoms with Crippen LogP contribution in [0.1, 0.15) is 6.42 Å². The molecule has 0 aliphatic carbocycles. The molecule has 0 unspecified atom stereocenters. The van der Waals surface area contributed by atoms with E-state index >= 15 is 0 Å². The summed E-state index contributed by atoms with van der Waals surface area (Å²) in [6, 6.07) is 11.2. The Morgan fingerprint density at radius 2 is 1.72 bits per heavy atom. The number of hydrogen-bond acceptors (Lipinski definition) is 9. The summed E-state index contributed by atoms with van der Waals surface area (Å²) < 4.78 is 7.36. The number of carbonyl (C=O) groups excluding carboxylic acids is 1. The molecule has 0 saturated carbocycles. The van der Waals surface area contributed by atoms with Crippen LogP contribution in [0.5, 0.6) is 5.75 Å². The molecule has 1 amide bonds. The topological polar surface area (TPSA) is 160 Å². The van der Waals surface area contributed by atoms with Crippen LogP contribution in [-0.2, 0) is 20.9 Å². The number of methoxy groups -OCH3 is 1. The number of aliphatic carboxylic acids is 2. The maximum absolute atomic E-state index is 12.5. The van der Waals surface area contributed by atoms with Crippen molar-refractivity contribution in [2.24, 2.45) is 0 Å². The Labute approximate surface area is 212 Å². The van der Waals surface area contributed by atoms with Gasteiger partial charge < -0.3 is 29.7 Å². The van der Waals surface area contributed by atoms with Crippen molar-refractivity contribution in [2.45, 2.75) is 18.1 Å². The summed E-state index contributed by atoms with van der Waals surface area (Å²) in [6.07, 6.45) is 4.42. The van der Waals surface area contributed by atoms with Crippen molar-refractivity contribution < 1.29 is 29.3 Å². The number of ether oxygens (including phenoxy) is 1. The minimum atomic E-state index is -1.82. The molecule has 0 bridgehead atoms. The number of carbonyl (C=O) groups is 3. The van der Waals surface area contributed by atoms with E-state index in [1.807, 2.05) is 50.5 Å². The Morgan fingerprint density at radius 3 is 2.33 bits per heavy atom. The zero-order valence-corrected chi connectivity index (χ0v) is 20.9. The summed E-state index contributed by atoms with van der Waals surface area (Å²) >= 11 is 1.37. The standard InChI is InChI=1S/C21H26N6O2S.C2H2O4/c1-26(2)13-6-14-27-20(16-9-11-22-12-10-16)24-25-21(27)30-15-19(28)23-17-7-4-5-8-18(17)29-3;3-1(4)2(5)6/h4-5,7-12H,6,13-15H2,1-3H3,(H,23,28);(H,3,4)(H,5,6). The van der Waals surface area contributed by atoms with Crippen LogP contribution >= 0.6 is 11.8 Å². The number of hydrogen-bond donors (Lipinski definition) is 3. The van der Waals surface area contributed by atoms with Crippen LogP contribution in [-0.4, -0.2) is 86.2 Å². The second-order valence-corrected chi connectivity index (χ2v) is 8.44. The van der Waals surface area contributed by atoms with Gasteiger partial charge in [-0.25, -0.2) is 9.59 Å². The van der Waals surface area contributed by atoms with E-state index in [1.54, 1.807) is 19.5 Å². The van der Waals surface area contributed by atoms with Gasteiger partial charge in [0, 0.05) is 24.5 Å². The number of rotatable bonds is 10. The number of benzene rings is 1. The predicted molar refractivity (Wildman–Crippen MR) is 134 cm³/mol. The molecule has 12 nitrogen and oxygen atoms in total. The van der Waals surface area contributed by atoms with Crippen molar-refractivity contribution in [1.29, 1.82) is 0 Å². The second-order valence-electron chi connectivity index (χ2n) is 7.50. The van der Waals surface area contributed by atoms with Gasteiger partial charge in [-0.15, -0.1) is 10.2 Å². The van der Waals surface area contributed by atoms with Crippen LogP contribution in [0.15, 0.2) is 53.9 Å². The summed E-state index contributed by atoms with van der Waals surface area (Å²) in [5, 5.41) is 27.1. The molecule has 0 fully saturated rings. The summed E-state index contributed by atoms with van der Waals surface area (Å²) in [5.74, 6) is -2.14. The summed E-state index contributed by atoms with van der Waals surface area (Å²) in [5.41, 5.74) is 1.60. The molecule has 3 rings (SSSR count). The highest BCUT2D eigenvalue weighted by Crippen LogP contribution is 2.26. The SMILES string of the molecule is COc1ccccc1NC(=O)CSc1nnc(-c2ccncc2)n1CCCN(C)C.O=C(O)C(=O)O. The van der Waals surface area contributed by atoms with E-state index in [2.05, 4.69) is 30.0 Å². The lowest BCUT2D eigenvalue weighted by molar-refractivity contribution is -0.159. The fourth-order valence-corrected chi connectivity index (χ4v) is 3.69. The average molecular weight is 517 g/mol. The van der Waals surface area contributed by atoms with Crippen LogP contribution in [0.4, 0.5) is 5.69 Å². The van der Waals surface area contributed by atoms with Crippen LogP contribution in [0.25, 0.3) is 11.4 Å². The number of para-hydroxylation sites is 2. The molecule has 0 spiro atoms. The molecule has 13 heteroatoms. The van der Waals surface area contributed by atoms with Crippen LogP contribution in [0.2, 0.25) is 0 Å². The largest absolute Gasteiger partial charge is 0.495 e. The van der Waals surface area contributed by atoms with Gasteiger partial charge in [-0.1, -0.05) is 23.9 Å². The lowest BCUT2D eigenvalue weighted by Gasteiger charge is -2.13. The van der Waals surface area contributed by atoms with E-state index in [0.717, 1.165) is 36.1 Å². The number of carboxylic acid groups (broad SMARTS) is 2. The third kappa shape index (κ3) is 9.00. The Bertz CT molecular complexity index is 1140. The van der Waals surface area contributed by atoms with Gasteiger partial charge in [-0.3, -0.25) is 9.78 Å². The van der Waals surface area contributed by atoms with E-state index in [9.17, 15) is 4.79 Å². The quantitative estimate of drug-likeness (QED) is 0.268. The van der Waals surface area contributed by atoms with E-state index in [1.165, 1.54) is 11.8 Å². The van der Waals surface area contributed by atoms with Gasteiger partial charge in [0.2, 0.25) is 5.91 Å². The third-order valence-electron chi connectivity index (χ3n) is 4.54. The zero-order chi connectivity index (χ0) is 26.5. The van der Waals surface area contributed by atoms with Crippen LogP contribution in [0, 0.1) is 0 Å². The minimum absolute atomic E-state index is 0.127. The third-order valence-corrected chi connectivity index (χ3v) is 5.51. The van der Waals surface area contributed by atoms with Crippen molar-refractivity contribution in [2.75, 3.05) is 38.8 Å². The van der Waals surface area contributed by atoms with Crippen molar-refractivity contribution in [3.8, 4) is 17.1 Å². The van der Waals surface area contributed by atoms with Gasteiger partial charge in [-0.05, 0) is 51.3 Å². The fraction of sp³-hybridized carbons (Fsp3) is 0.304. The lowest BCUT2D eigenvalue weighted by atomic mass is 10.2. The number of aromatic nitrogens is 4. The molecule has 0 aliphatic rings. The number of thioether (sulfide) groups is 1. The Balaban J connectivity index is 0.000000678. The molecule has 192 valence electrons. The van der Waals surface area contributed by atoms with Crippen molar-refractivity contribution >= 4 is 35.3 Å². The molecule has 3 N–H and O–H groups in total. The van der Waals surface area contributed by atoms with Gasteiger partial charge >= 0.3 is 11.9 Å². The van der Waals surface area contributed by atoms with Crippen LogP contribution < -0.4 is 10.1 Å². The molecule has 3 aromatic rings. The first-order chi connectivity index (χ1) is 17.2. The van der Waals surface area contributed by atoms with Gasteiger partial charge in [-0.2, -0.15) is 0 Å². The van der Waals surface area contributed by atoms with Crippen molar-refractivity contribution in [3.05, 3.63) is 48.8 Å². The molecule has 0 aliphatic heterocycles. The van der Waals surface area contributed by atoms with Crippen molar-refractivity contribution in [1.82, 2.24) is 24.6 Å². The smallest absolute Gasteiger partial charge is 0.414 e. The number of nitrogens with one attached hydrogen (secondary N) is 1. The first-order valence-corrected chi connectivity index (χ1v) is 11.7. The fourth-order valence-electron chi connectivity index (χ4n) is 2.92. The molecular weight excluding hydrogens is 488 g/mol. The maximum atomic E-state index is 12.5. The van der Waals surface area contributed by atoms with Gasteiger partial charge in [0.05, 0.1) is 18.6 Å². The Kier molecular flexibility index (Phi) is 11.3. The number of nitrogens with zero attached hydrogens (tertiary/aromatic N) is 5. The van der Waals surface area contributed by atoms with E-state index < -0.39 is 11.9 Å². The van der Waals surface area contributed by atoms with Gasteiger partial charge in [0.1, 0.15) is 5.75 Å².